The number of unbranched alkanes of at least 4 members (excludes halogenated alkanes) is 11. The molecule has 0 amide bonds. The molecular formula is C22H41NO. The van der Waals surface area contributed by atoms with Gasteiger partial charge in [-0.1, -0.05) is 70.4 Å². The average Bonchev–Trinajstić information content (AvgIpc) is 2.90. The highest BCUT2D eigenvalue weighted by Gasteiger charge is 2.25. The van der Waals surface area contributed by atoms with E-state index in [0.717, 1.165) is 18.9 Å². The monoisotopic (exact) mass is 335 g/mol. The molecule has 1 rings (SSSR count). The summed E-state index contributed by atoms with van der Waals surface area (Å²) >= 11 is 0. The van der Waals surface area contributed by atoms with Crippen LogP contribution in [-0.2, 0) is 4.74 Å². The Hall–Kier alpha value is -0.790. The third kappa shape index (κ3) is 11.7. The lowest BCUT2D eigenvalue weighted by Gasteiger charge is -2.07. The van der Waals surface area contributed by atoms with Crippen molar-refractivity contribution in [2.24, 2.45) is 4.99 Å². The molecule has 0 unspecified atom stereocenters. The minimum Gasteiger partial charge on any atom is -0.478 e. The molecule has 0 N–H and O–H groups in total. The summed E-state index contributed by atoms with van der Waals surface area (Å²) in [5, 5.41) is 0. The third-order valence-corrected chi connectivity index (χ3v) is 4.67. The normalized spacial score (nSPS) is 16.5. The molecule has 0 aromatic heterocycles. The number of allylic oxidation sites excluding steroid dienone is 2. The molecular weight excluding hydrogens is 294 g/mol. The molecule has 2 heteroatoms. The fourth-order valence-electron chi connectivity index (χ4n) is 3.14. The Kier molecular flexibility index (Phi) is 12.0. The predicted octanol–water partition coefficient (Wildman–Crippen LogP) is 7.23. The maximum absolute atomic E-state index is 5.62. The van der Waals surface area contributed by atoms with Crippen LogP contribution in [0.25, 0.3) is 0 Å². The predicted molar refractivity (Wildman–Crippen MR) is 107 cm³/mol. The van der Waals surface area contributed by atoms with Crippen molar-refractivity contribution >= 4 is 5.90 Å². The van der Waals surface area contributed by atoms with Crippen LogP contribution in [0.2, 0.25) is 0 Å². The van der Waals surface area contributed by atoms with E-state index in [-0.39, 0.29) is 5.54 Å². The SMILES string of the molecule is CCCCCCCCCCC/C=C\CCCCC1=NC(C)(C)CO1. The molecule has 0 saturated carbocycles. The zero-order valence-corrected chi connectivity index (χ0v) is 16.6. The van der Waals surface area contributed by atoms with Gasteiger partial charge >= 0.3 is 0 Å². The van der Waals surface area contributed by atoms with Crippen molar-refractivity contribution < 1.29 is 4.74 Å². The fraction of sp³-hybridized carbons (Fsp3) is 0.864. The molecule has 0 spiro atoms. The second kappa shape index (κ2) is 13.5. The van der Waals surface area contributed by atoms with Gasteiger partial charge in [0, 0.05) is 6.42 Å². The Balaban J connectivity index is 1.80. The Morgan fingerprint density at radius 1 is 0.833 bits per heavy atom. The molecule has 24 heavy (non-hydrogen) atoms. The summed E-state index contributed by atoms with van der Waals surface area (Å²) in [7, 11) is 0. The molecule has 1 heterocycles. The Morgan fingerprint density at radius 3 is 1.92 bits per heavy atom. The van der Waals surface area contributed by atoms with Crippen LogP contribution >= 0.6 is 0 Å². The highest BCUT2D eigenvalue weighted by molar-refractivity contribution is 5.78. The highest BCUT2D eigenvalue weighted by atomic mass is 16.5. The van der Waals surface area contributed by atoms with Crippen LogP contribution in [0.3, 0.4) is 0 Å². The first kappa shape index (κ1) is 21.3. The van der Waals surface area contributed by atoms with Gasteiger partial charge in [-0.05, 0) is 46.0 Å². The topological polar surface area (TPSA) is 21.6 Å². The summed E-state index contributed by atoms with van der Waals surface area (Å²) in [6, 6.07) is 0. The van der Waals surface area contributed by atoms with E-state index in [1.54, 1.807) is 0 Å². The molecule has 1 aliphatic heterocycles. The first-order valence-electron chi connectivity index (χ1n) is 10.5. The van der Waals surface area contributed by atoms with E-state index >= 15 is 0 Å². The van der Waals surface area contributed by atoms with Crippen molar-refractivity contribution in [3.8, 4) is 0 Å². The zero-order valence-electron chi connectivity index (χ0n) is 16.6. The van der Waals surface area contributed by atoms with Crippen LogP contribution in [0, 0.1) is 0 Å². The van der Waals surface area contributed by atoms with Crippen LogP contribution in [0.5, 0.6) is 0 Å². The Morgan fingerprint density at radius 2 is 1.38 bits per heavy atom. The van der Waals surface area contributed by atoms with E-state index in [1.807, 2.05) is 0 Å². The second-order valence-corrected chi connectivity index (χ2v) is 7.94. The van der Waals surface area contributed by atoms with Gasteiger partial charge in [0.1, 0.15) is 6.61 Å². The number of hydrogen-bond acceptors (Lipinski definition) is 2. The summed E-state index contributed by atoms with van der Waals surface area (Å²) in [6.07, 6.45) is 23.4. The Bertz CT molecular complexity index is 357. The van der Waals surface area contributed by atoms with Crippen molar-refractivity contribution in [2.45, 2.75) is 116 Å². The van der Waals surface area contributed by atoms with Crippen LogP contribution in [0.1, 0.15) is 111 Å². The van der Waals surface area contributed by atoms with Gasteiger partial charge in [0.25, 0.3) is 0 Å². The lowest BCUT2D eigenvalue weighted by molar-refractivity contribution is 0.273. The molecule has 0 aromatic carbocycles. The van der Waals surface area contributed by atoms with Gasteiger partial charge in [0.15, 0.2) is 5.90 Å². The quantitative estimate of drug-likeness (QED) is 0.228. The molecule has 0 aliphatic carbocycles. The minimum atomic E-state index is 0.00471. The highest BCUT2D eigenvalue weighted by Crippen LogP contribution is 2.19. The third-order valence-electron chi connectivity index (χ3n) is 4.67. The van der Waals surface area contributed by atoms with E-state index in [2.05, 4.69) is 37.9 Å². The van der Waals surface area contributed by atoms with Gasteiger partial charge in [-0.25, -0.2) is 4.99 Å². The lowest BCUT2D eigenvalue weighted by atomic mass is 10.1. The number of hydrogen-bond donors (Lipinski definition) is 0. The number of aliphatic imine (C=N–C) groups is 1. The van der Waals surface area contributed by atoms with Crippen LogP contribution in [-0.4, -0.2) is 18.0 Å². The molecule has 0 aromatic rings. The smallest absolute Gasteiger partial charge is 0.183 e. The van der Waals surface area contributed by atoms with Crippen LogP contribution in [0.4, 0.5) is 0 Å². The lowest BCUT2D eigenvalue weighted by Crippen LogP contribution is -2.17. The first-order valence-corrected chi connectivity index (χ1v) is 10.5. The Labute approximate surface area is 151 Å². The molecule has 0 radical (unpaired) electrons. The fourth-order valence-corrected chi connectivity index (χ4v) is 3.14. The van der Waals surface area contributed by atoms with E-state index in [4.69, 9.17) is 4.74 Å². The molecule has 0 atom stereocenters. The van der Waals surface area contributed by atoms with Crippen molar-refractivity contribution in [3.05, 3.63) is 12.2 Å². The molecule has 0 bridgehead atoms. The van der Waals surface area contributed by atoms with Gasteiger partial charge in [0.05, 0.1) is 5.54 Å². The number of nitrogens with zero attached hydrogens (tertiary/aromatic N) is 1. The van der Waals surface area contributed by atoms with E-state index in [1.165, 1.54) is 83.5 Å². The summed E-state index contributed by atoms with van der Waals surface area (Å²) in [5.41, 5.74) is 0.00471. The maximum Gasteiger partial charge on any atom is 0.183 e. The van der Waals surface area contributed by atoms with Crippen molar-refractivity contribution in [2.75, 3.05) is 6.61 Å². The maximum atomic E-state index is 5.62. The van der Waals surface area contributed by atoms with Gasteiger partial charge in [-0.3, -0.25) is 0 Å². The zero-order chi connectivity index (χ0) is 17.5. The molecule has 2 nitrogen and oxygen atoms in total. The molecule has 1 aliphatic rings. The average molecular weight is 336 g/mol. The summed E-state index contributed by atoms with van der Waals surface area (Å²) in [5.74, 6) is 0.971. The van der Waals surface area contributed by atoms with Crippen molar-refractivity contribution in [3.63, 3.8) is 0 Å². The molecule has 0 saturated heterocycles. The minimum absolute atomic E-state index is 0.00471. The standard InChI is InChI=1S/C22H41NO/c1-4-5-6-7-8-9-10-11-12-13-14-15-16-17-18-19-21-23-22(2,3)20-24-21/h14-15H,4-13,16-20H2,1-3H3/b15-14-. The number of ether oxygens (including phenoxy) is 1. The van der Waals surface area contributed by atoms with Crippen LogP contribution in [0.15, 0.2) is 17.1 Å². The summed E-state index contributed by atoms with van der Waals surface area (Å²) in [4.78, 5) is 4.60. The van der Waals surface area contributed by atoms with E-state index < -0.39 is 0 Å². The van der Waals surface area contributed by atoms with Crippen molar-refractivity contribution in [1.82, 2.24) is 0 Å². The van der Waals surface area contributed by atoms with Gasteiger partial charge < -0.3 is 4.74 Å². The first-order chi connectivity index (χ1) is 11.6. The van der Waals surface area contributed by atoms with Gasteiger partial charge in [-0.15, -0.1) is 0 Å². The summed E-state index contributed by atoms with van der Waals surface area (Å²) in [6.45, 7) is 7.30. The molecule has 0 fully saturated rings. The summed E-state index contributed by atoms with van der Waals surface area (Å²) < 4.78 is 5.62. The van der Waals surface area contributed by atoms with E-state index in [9.17, 15) is 0 Å². The largest absolute Gasteiger partial charge is 0.478 e. The van der Waals surface area contributed by atoms with Gasteiger partial charge in [0.2, 0.25) is 0 Å². The van der Waals surface area contributed by atoms with E-state index in [0.29, 0.717) is 0 Å². The van der Waals surface area contributed by atoms with Crippen molar-refractivity contribution in [1.29, 1.82) is 0 Å². The number of rotatable bonds is 15. The second-order valence-electron chi connectivity index (χ2n) is 7.94. The van der Waals surface area contributed by atoms with Crippen LogP contribution < -0.4 is 0 Å². The molecule has 140 valence electrons. The van der Waals surface area contributed by atoms with Gasteiger partial charge in [-0.2, -0.15) is 0 Å².